The Morgan fingerprint density at radius 3 is 2.52 bits per heavy atom. The standard InChI is InChI=1S/C15H18N2O4/c1-20-12-7-17(8-13(12)21-2)15(19)10-4-3-9-6-14(18)16-11(9)5-10/h3-5,12-13H,6-8H2,1-2H3,(H,16,18). The Bertz CT molecular complexity index is 575. The minimum atomic E-state index is -0.104. The van der Waals surface area contributed by atoms with E-state index in [0.29, 0.717) is 25.1 Å². The summed E-state index contributed by atoms with van der Waals surface area (Å²) < 4.78 is 10.7. The molecule has 1 fully saturated rings. The van der Waals surface area contributed by atoms with Gasteiger partial charge in [-0.3, -0.25) is 9.59 Å². The number of rotatable bonds is 3. The number of nitrogens with one attached hydrogen (secondary N) is 1. The van der Waals surface area contributed by atoms with Crippen LogP contribution in [0, 0.1) is 0 Å². The number of fused-ring (bicyclic) bond motifs is 1. The van der Waals surface area contributed by atoms with Crippen LogP contribution in [-0.4, -0.2) is 56.2 Å². The smallest absolute Gasteiger partial charge is 0.254 e. The first kappa shape index (κ1) is 14.0. The number of hydrogen-bond acceptors (Lipinski definition) is 4. The van der Waals surface area contributed by atoms with Gasteiger partial charge in [-0.25, -0.2) is 0 Å². The highest BCUT2D eigenvalue weighted by Crippen LogP contribution is 2.26. The van der Waals surface area contributed by atoms with E-state index in [0.717, 1.165) is 11.3 Å². The van der Waals surface area contributed by atoms with Gasteiger partial charge in [0.25, 0.3) is 5.91 Å². The molecule has 21 heavy (non-hydrogen) atoms. The first-order chi connectivity index (χ1) is 10.1. The van der Waals surface area contributed by atoms with Gasteiger partial charge in [-0.15, -0.1) is 0 Å². The molecular weight excluding hydrogens is 272 g/mol. The lowest BCUT2D eigenvalue weighted by atomic mass is 10.1. The van der Waals surface area contributed by atoms with E-state index >= 15 is 0 Å². The Hall–Kier alpha value is -1.92. The summed E-state index contributed by atoms with van der Waals surface area (Å²) in [6.07, 6.45) is 0.173. The van der Waals surface area contributed by atoms with E-state index in [9.17, 15) is 9.59 Å². The van der Waals surface area contributed by atoms with E-state index in [-0.39, 0.29) is 24.0 Å². The zero-order chi connectivity index (χ0) is 15.0. The average molecular weight is 290 g/mol. The maximum absolute atomic E-state index is 12.6. The summed E-state index contributed by atoms with van der Waals surface area (Å²) >= 11 is 0. The van der Waals surface area contributed by atoms with Crippen LogP contribution in [0.25, 0.3) is 0 Å². The quantitative estimate of drug-likeness (QED) is 0.888. The lowest BCUT2D eigenvalue weighted by Gasteiger charge is -2.16. The van der Waals surface area contributed by atoms with Gasteiger partial charge in [0.15, 0.2) is 0 Å². The Labute approximate surface area is 123 Å². The van der Waals surface area contributed by atoms with Crippen LogP contribution < -0.4 is 5.32 Å². The molecule has 0 aliphatic carbocycles. The summed E-state index contributed by atoms with van der Waals surface area (Å²) in [6.45, 7) is 1.02. The molecule has 1 aromatic carbocycles. The van der Waals surface area contributed by atoms with Crippen LogP contribution in [0.5, 0.6) is 0 Å². The number of carbonyl (C=O) groups excluding carboxylic acids is 2. The Morgan fingerprint density at radius 1 is 1.24 bits per heavy atom. The number of likely N-dealkylation sites (tertiary alicyclic amines) is 1. The molecule has 0 saturated carbocycles. The maximum Gasteiger partial charge on any atom is 0.254 e. The van der Waals surface area contributed by atoms with Crippen molar-refractivity contribution in [2.75, 3.05) is 32.6 Å². The second kappa shape index (κ2) is 5.46. The molecule has 0 spiro atoms. The summed E-state index contributed by atoms with van der Waals surface area (Å²) in [5.74, 6) is -0.102. The molecule has 2 aliphatic rings. The van der Waals surface area contributed by atoms with E-state index in [2.05, 4.69) is 5.32 Å². The summed E-state index contributed by atoms with van der Waals surface area (Å²) in [4.78, 5) is 25.6. The van der Waals surface area contributed by atoms with Crippen molar-refractivity contribution in [1.82, 2.24) is 4.90 Å². The van der Waals surface area contributed by atoms with Gasteiger partial charge in [-0.05, 0) is 17.7 Å². The zero-order valence-electron chi connectivity index (χ0n) is 12.1. The second-order valence-electron chi connectivity index (χ2n) is 5.36. The van der Waals surface area contributed by atoms with Gasteiger partial charge in [-0.2, -0.15) is 0 Å². The molecule has 2 aliphatic heterocycles. The highest BCUT2D eigenvalue weighted by Gasteiger charge is 2.36. The van der Waals surface area contributed by atoms with Gasteiger partial charge in [-0.1, -0.05) is 6.07 Å². The minimum absolute atomic E-state index is 0.0327. The molecule has 0 bridgehead atoms. The normalized spacial score (nSPS) is 24.1. The zero-order valence-corrected chi connectivity index (χ0v) is 12.1. The number of hydrogen-bond donors (Lipinski definition) is 1. The number of nitrogens with zero attached hydrogens (tertiary/aromatic N) is 1. The molecule has 2 unspecified atom stereocenters. The number of benzene rings is 1. The summed E-state index contributed by atoms with van der Waals surface area (Å²) in [5, 5.41) is 2.76. The number of amides is 2. The second-order valence-corrected chi connectivity index (χ2v) is 5.36. The van der Waals surface area contributed by atoms with Crippen LogP contribution >= 0.6 is 0 Å². The SMILES string of the molecule is COC1CN(C(=O)c2ccc3c(c2)NC(=O)C3)CC1OC. The molecule has 2 heterocycles. The average Bonchev–Trinajstić information content (AvgIpc) is 3.07. The molecule has 1 aromatic rings. The molecule has 0 aromatic heterocycles. The summed E-state index contributed by atoms with van der Waals surface area (Å²) in [7, 11) is 3.24. The fourth-order valence-electron chi connectivity index (χ4n) is 2.89. The molecule has 6 nitrogen and oxygen atoms in total. The fourth-order valence-corrected chi connectivity index (χ4v) is 2.89. The molecular formula is C15H18N2O4. The lowest BCUT2D eigenvalue weighted by molar-refractivity contribution is -0.115. The van der Waals surface area contributed by atoms with Crippen molar-refractivity contribution in [2.24, 2.45) is 0 Å². The van der Waals surface area contributed by atoms with E-state index in [1.165, 1.54) is 0 Å². The third kappa shape index (κ3) is 2.52. The molecule has 0 radical (unpaired) electrons. The van der Waals surface area contributed by atoms with Crippen molar-refractivity contribution in [3.8, 4) is 0 Å². The van der Waals surface area contributed by atoms with E-state index in [1.807, 2.05) is 6.07 Å². The van der Waals surface area contributed by atoms with Crippen LogP contribution in [0.4, 0.5) is 5.69 Å². The first-order valence-electron chi connectivity index (χ1n) is 6.90. The monoisotopic (exact) mass is 290 g/mol. The molecule has 1 saturated heterocycles. The summed E-state index contributed by atoms with van der Waals surface area (Å²) in [6, 6.07) is 5.34. The molecule has 2 atom stereocenters. The van der Waals surface area contributed by atoms with Crippen molar-refractivity contribution in [2.45, 2.75) is 18.6 Å². The predicted octanol–water partition coefficient (Wildman–Crippen LogP) is 0.667. The van der Waals surface area contributed by atoms with Crippen molar-refractivity contribution in [1.29, 1.82) is 0 Å². The van der Waals surface area contributed by atoms with Crippen LogP contribution in [0.2, 0.25) is 0 Å². The maximum atomic E-state index is 12.6. The minimum Gasteiger partial charge on any atom is -0.377 e. The number of ether oxygens (including phenoxy) is 2. The highest BCUT2D eigenvalue weighted by atomic mass is 16.5. The van der Waals surface area contributed by atoms with Gasteiger partial charge < -0.3 is 19.7 Å². The molecule has 3 rings (SSSR count). The van der Waals surface area contributed by atoms with Gasteiger partial charge in [0, 0.05) is 38.6 Å². The largest absolute Gasteiger partial charge is 0.377 e. The number of anilines is 1. The van der Waals surface area contributed by atoms with Gasteiger partial charge in [0.05, 0.1) is 6.42 Å². The number of carbonyl (C=O) groups is 2. The predicted molar refractivity (Wildman–Crippen MR) is 76.3 cm³/mol. The molecule has 2 amide bonds. The topological polar surface area (TPSA) is 67.9 Å². The first-order valence-corrected chi connectivity index (χ1v) is 6.90. The van der Waals surface area contributed by atoms with Crippen LogP contribution in [0.3, 0.4) is 0 Å². The van der Waals surface area contributed by atoms with E-state index in [1.54, 1.807) is 31.3 Å². The molecule has 112 valence electrons. The third-order valence-corrected chi connectivity index (χ3v) is 4.09. The van der Waals surface area contributed by atoms with Gasteiger partial charge >= 0.3 is 0 Å². The van der Waals surface area contributed by atoms with E-state index < -0.39 is 0 Å². The molecule has 6 heteroatoms. The van der Waals surface area contributed by atoms with Gasteiger partial charge in [0.1, 0.15) is 12.2 Å². The number of methoxy groups -OCH3 is 2. The Kier molecular flexibility index (Phi) is 3.65. The third-order valence-electron chi connectivity index (χ3n) is 4.09. The fraction of sp³-hybridized carbons (Fsp3) is 0.467. The lowest BCUT2D eigenvalue weighted by Crippen LogP contribution is -2.30. The van der Waals surface area contributed by atoms with Crippen LogP contribution in [0.1, 0.15) is 15.9 Å². The Balaban J connectivity index is 1.77. The van der Waals surface area contributed by atoms with Gasteiger partial charge in [0.2, 0.25) is 5.91 Å². The Morgan fingerprint density at radius 2 is 1.90 bits per heavy atom. The van der Waals surface area contributed by atoms with Crippen molar-refractivity contribution < 1.29 is 19.1 Å². The van der Waals surface area contributed by atoms with Crippen molar-refractivity contribution in [3.05, 3.63) is 29.3 Å². The van der Waals surface area contributed by atoms with Crippen molar-refractivity contribution in [3.63, 3.8) is 0 Å². The highest BCUT2D eigenvalue weighted by molar-refractivity contribution is 6.02. The van der Waals surface area contributed by atoms with E-state index in [4.69, 9.17) is 9.47 Å². The summed E-state index contributed by atoms with van der Waals surface area (Å²) in [5.41, 5.74) is 2.24. The van der Waals surface area contributed by atoms with Crippen molar-refractivity contribution >= 4 is 17.5 Å². The molecule has 1 N–H and O–H groups in total. The van der Waals surface area contributed by atoms with Crippen LogP contribution in [-0.2, 0) is 20.7 Å². The van der Waals surface area contributed by atoms with Crippen LogP contribution in [0.15, 0.2) is 18.2 Å².